The van der Waals surface area contributed by atoms with Crippen LogP contribution in [0.3, 0.4) is 0 Å². The summed E-state index contributed by atoms with van der Waals surface area (Å²) in [5.41, 5.74) is 0. The predicted octanol–water partition coefficient (Wildman–Crippen LogP) is 0.756. The van der Waals surface area contributed by atoms with Crippen molar-refractivity contribution in [3.63, 3.8) is 0 Å². The lowest BCUT2D eigenvalue weighted by Gasteiger charge is -2.29. The number of fused-ring (bicyclic) bond motifs is 1. The Bertz CT molecular complexity index is 404. The van der Waals surface area contributed by atoms with Gasteiger partial charge in [-0.2, -0.15) is 0 Å². The molecule has 1 N–H and O–H groups in total. The molecule has 3 atom stereocenters. The normalized spacial score (nSPS) is 32.9. The maximum absolute atomic E-state index is 12.8. The first-order chi connectivity index (χ1) is 10.2. The summed E-state index contributed by atoms with van der Waals surface area (Å²) in [6, 6.07) is -0.224. The summed E-state index contributed by atoms with van der Waals surface area (Å²) in [6.07, 6.45) is 2.69. The van der Waals surface area contributed by atoms with Crippen molar-refractivity contribution in [1.82, 2.24) is 15.1 Å². The Labute approximate surface area is 130 Å². The van der Waals surface area contributed by atoms with Gasteiger partial charge in [0.05, 0.1) is 5.88 Å². The highest BCUT2D eigenvalue weighted by Gasteiger charge is 2.38. The van der Waals surface area contributed by atoms with E-state index in [1.807, 2.05) is 11.8 Å². The first-order valence-corrected chi connectivity index (χ1v) is 9.23. The van der Waals surface area contributed by atoms with Gasteiger partial charge in [-0.3, -0.25) is 9.59 Å². The minimum absolute atomic E-state index is 0.106. The van der Waals surface area contributed by atoms with Crippen molar-refractivity contribution in [3.05, 3.63) is 0 Å². The lowest BCUT2D eigenvalue weighted by atomic mass is 9.92. The zero-order valence-electron chi connectivity index (χ0n) is 12.7. The number of hydrogen-bond acceptors (Lipinski definition) is 4. The van der Waals surface area contributed by atoms with Crippen molar-refractivity contribution in [2.45, 2.75) is 32.2 Å². The smallest absolute Gasteiger partial charge is 0.246 e. The Morgan fingerprint density at radius 3 is 2.48 bits per heavy atom. The minimum Gasteiger partial charge on any atom is -0.341 e. The van der Waals surface area contributed by atoms with Crippen LogP contribution in [-0.2, 0) is 9.59 Å². The van der Waals surface area contributed by atoms with Gasteiger partial charge in [-0.1, -0.05) is 6.92 Å². The highest BCUT2D eigenvalue weighted by Crippen LogP contribution is 2.29. The summed E-state index contributed by atoms with van der Waals surface area (Å²) in [7, 11) is 0. The molecular weight excluding hydrogens is 286 g/mol. The number of nitrogens with one attached hydrogen (secondary N) is 1. The molecule has 3 rings (SSSR count). The van der Waals surface area contributed by atoms with Gasteiger partial charge < -0.3 is 15.1 Å². The molecule has 6 heteroatoms. The Balaban J connectivity index is 1.63. The number of amides is 2. The second-order valence-corrected chi connectivity index (χ2v) is 7.31. The Morgan fingerprint density at radius 2 is 1.86 bits per heavy atom. The molecule has 0 radical (unpaired) electrons. The largest absolute Gasteiger partial charge is 0.341 e. The highest BCUT2D eigenvalue weighted by molar-refractivity contribution is 7.99. The number of thioether (sulfide) groups is 1. The lowest BCUT2D eigenvalue weighted by molar-refractivity contribution is -0.143. The molecule has 0 aliphatic carbocycles. The third-order valence-electron chi connectivity index (χ3n) is 5.12. The number of carbonyl (C=O) groups excluding carboxylic acids is 2. The van der Waals surface area contributed by atoms with E-state index in [4.69, 9.17) is 0 Å². The average molecular weight is 311 g/mol. The molecule has 0 saturated carbocycles. The molecule has 5 nitrogen and oxygen atoms in total. The fraction of sp³-hybridized carbons (Fsp3) is 0.867. The van der Waals surface area contributed by atoms with Crippen LogP contribution in [0.2, 0.25) is 0 Å². The summed E-state index contributed by atoms with van der Waals surface area (Å²) >= 11 is 1.70. The first-order valence-electron chi connectivity index (χ1n) is 8.07. The number of rotatable bonds is 2. The molecule has 3 saturated heterocycles. The topological polar surface area (TPSA) is 52.7 Å². The molecule has 3 aliphatic heterocycles. The Hall–Kier alpha value is -0.750. The van der Waals surface area contributed by atoms with Gasteiger partial charge in [-0.15, -0.1) is 11.8 Å². The summed E-state index contributed by atoms with van der Waals surface area (Å²) in [5, 5.41) is 3.46. The maximum Gasteiger partial charge on any atom is 0.246 e. The van der Waals surface area contributed by atoms with Crippen LogP contribution in [0.25, 0.3) is 0 Å². The van der Waals surface area contributed by atoms with E-state index in [1.54, 1.807) is 16.7 Å². The number of likely N-dealkylation sites (tertiary alicyclic amines) is 1. The van der Waals surface area contributed by atoms with Crippen LogP contribution in [-0.4, -0.2) is 65.5 Å². The van der Waals surface area contributed by atoms with E-state index in [2.05, 4.69) is 5.32 Å². The lowest BCUT2D eigenvalue weighted by Crippen LogP contribution is -2.49. The van der Waals surface area contributed by atoms with Gasteiger partial charge >= 0.3 is 0 Å². The van der Waals surface area contributed by atoms with Crippen LogP contribution < -0.4 is 5.32 Å². The maximum atomic E-state index is 12.8. The zero-order valence-corrected chi connectivity index (χ0v) is 13.5. The van der Waals surface area contributed by atoms with Crippen LogP contribution in [0.15, 0.2) is 0 Å². The van der Waals surface area contributed by atoms with Gasteiger partial charge in [0.25, 0.3) is 0 Å². The molecule has 2 amide bonds. The predicted molar refractivity (Wildman–Crippen MR) is 83.9 cm³/mol. The van der Waals surface area contributed by atoms with Crippen LogP contribution in [0.4, 0.5) is 0 Å². The van der Waals surface area contributed by atoms with E-state index < -0.39 is 0 Å². The molecule has 0 spiro atoms. The Kier molecular flexibility index (Phi) is 4.74. The summed E-state index contributed by atoms with van der Waals surface area (Å²) in [5.74, 6) is 3.17. The molecular formula is C15H25N3O2S. The van der Waals surface area contributed by atoms with Crippen LogP contribution in [0.5, 0.6) is 0 Å². The van der Waals surface area contributed by atoms with E-state index in [1.165, 1.54) is 0 Å². The van der Waals surface area contributed by atoms with Crippen LogP contribution >= 0.6 is 11.8 Å². The van der Waals surface area contributed by atoms with Crippen LogP contribution in [0, 0.1) is 11.8 Å². The molecule has 0 aromatic carbocycles. The summed E-state index contributed by atoms with van der Waals surface area (Å²) in [6.45, 7) is 5.79. The fourth-order valence-electron chi connectivity index (χ4n) is 3.75. The Morgan fingerprint density at radius 1 is 1.19 bits per heavy atom. The molecule has 3 heterocycles. The fourth-order valence-corrected chi connectivity index (χ4v) is 4.92. The minimum atomic E-state index is -0.224. The van der Waals surface area contributed by atoms with E-state index >= 15 is 0 Å². The number of hydrogen-bond donors (Lipinski definition) is 1. The molecule has 21 heavy (non-hydrogen) atoms. The molecule has 0 bridgehead atoms. The van der Waals surface area contributed by atoms with Gasteiger partial charge in [-0.25, -0.2) is 0 Å². The van der Waals surface area contributed by atoms with E-state index in [9.17, 15) is 9.59 Å². The third kappa shape index (κ3) is 3.06. The van der Waals surface area contributed by atoms with Crippen molar-refractivity contribution in [1.29, 1.82) is 0 Å². The van der Waals surface area contributed by atoms with Crippen molar-refractivity contribution >= 4 is 23.6 Å². The number of carbonyl (C=O) groups is 2. The quantitative estimate of drug-likeness (QED) is 0.818. The monoisotopic (exact) mass is 311 g/mol. The van der Waals surface area contributed by atoms with Gasteiger partial charge in [0, 0.05) is 25.3 Å². The van der Waals surface area contributed by atoms with E-state index in [-0.39, 0.29) is 17.9 Å². The van der Waals surface area contributed by atoms with Crippen molar-refractivity contribution < 1.29 is 9.59 Å². The van der Waals surface area contributed by atoms with Gasteiger partial charge in [-0.05, 0) is 37.8 Å². The standard InChI is InChI=1S/C15H25N3O2S/c1-2-14(19)18-10-21-9-13(18)15(20)17-5-3-11-7-16-8-12(11)4-6-17/h11-13,16H,2-10H2,1H3/t11-,12+,13?. The second-order valence-electron chi connectivity index (χ2n) is 6.31. The van der Waals surface area contributed by atoms with Crippen LogP contribution in [0.1, 0.15) is 26.2 Å². The molecule has 1 unspecified atom stereocenters. The highest BCUT2D eigenvalue weighted by atomic mass is 32.2. The summed E-state index contributed by atoms with van der Waals surface area (Å²) < 4.78 is 0. The second kappa shape index (κ2) is 6.57. The molecule has 0 aromatic rings. The van der Waals surface area contributed by atoms with E-state index in [0.29, 0.717) is 12.3 Å². The first kappa shape index (κ1) is 15.2. The number of nitrogens with zero attached hydrogens (tertiary/aromatic N) is 2. The van der Waals surface area contributed by atoms with Gasteiger partial charge in [0.15, 0.2) is 0 Å². The molecule has 3 fully saturated rings. The van der Waals surface area contributed by atoms with Gasteiger partial charge in [0.1, 0.15) is 6.04 Å². The van der Waals surface area contributed by atoms with Crippen molar-refractivity contribution in [3.8, 4) is 0 Å². The van der Waals surface area contributed by atoms with E-state index in [0.717, 1.165) is 56.6 Å². The molecule has 3 aliphatic rings. The third-order valence-corrected chi connectivity index (χ3v) is 6.13. The van der Waals surface area contributed by atoms with Crippen molar-refractivity contribution in [2.24, 2.45) is 11.8 Å². The molecule has 118 valence electrons. The average Bonchev–Trinajstić information content (AvgIpc) is 3.11. The van der Waals surface area contributed by atoms with Gasteiger partial charge in [0.2, 0.25) is 11.8 Å². The summed E-state index contributed by atoms with van der Waals surface area (Å²) in [4.78, 5) is 28.6. The zero-order chi connectivity index (χ0) is 14.8. The molecule has 0 aromatic heterocycles. The SMILES string of the molecule is CCC(=O)N1CSCC1C(=O)N1CC[C@@H]2CNC[C@@H]2CC1. The van der Waals surface area contributed by atoms with Crippen molar-refractivity contribution in [2.75, 3.05) is 37.8 Å².